The number of aliphatic hydroxyl groups excluding tert-OH is 1. The summed E-state index contributed by atoms with van der Waals surface area (Å²) in [5.74, 6) is 0.744. The van der Waals surface area contributed by atoms with Crippen LogP contribution in [-0.2, 0) is 22.5 Å². The van der Waals surface area contributed by atoms with Gasteiger partial charge < -0.3 is 24.6 Å². The van der Waals surface area contributed by atoms with Gasteiger partial charge in [-0.05, 0) is 61.3 Å². The molecule has 2 fully saturated rings. The van der Waals surface area contributed by atoms with Gasteiger partial charge in [-0.1, -0.05) is 41.5 Å². The molecular weight excluding hydrogens is 470 g/mol. The van der Waals surface area contributed by atoms with Crippen LogP contribution in [-0.4, -0.2) is 51.8 Å². The van der Waals surface area contributed by atoms with Crippen LogP contribution in [0.4, 0.5) is 0 Å². The number of phenolic OH excluding ortho intramolecular Hbond substituents is 1. The fraction of sp³-hybridized carbons (Fsp3) is 0.733. The molecule has 2 saturated carbocycles. The molecule has 2 aliphatic carbocycles. The Morgan fingerprint density at radius 1 is 1.22 bits per heavy atom. The predicted octanol–water partition coefficient (Wildman–Crippen LogP) is 4.84. The van der Waals surface area contributed by atoms with E-state index in [-0.39, 0.29) is 52.9 Å². The van der Waals surface area contributed by atoms with E-state index in [9.17, 15) is 19.8 Å². The van der Waals surface area contributed by atoms with Crippen molar-refractivity contribution in [1.29, 1.82) is 0 Å². The molecule has 2 N–H and O–H groups in total. The van der Waals surface area contributed by atoms with Gasteiger partial charge in [-0.15, -0.1) is 0 Å². The molecule has 3 unspecified atom stereocenters. The van der Waals surface area contributed by atoms with Crippen molar-refractivity contribution in [3.05, 3.63) is 22.8 Å². The van der Waals surface area contributed by atoms with Crippen molar-refractivity contribution in [2.75, 3.05) is 7.11 Å². The van der Waals surface area contributed by atoms with Crippen LogP contribution in [0.2, 0.25) is 0 Å². The minimum atomic E-state index is -0.686. The number of nitrogens with zero attached hydrogens (tertiary/aromatic N) is 1. The van der Waals surface area contributed by atoms with Crippen LogP contribution in [0.3, 0.4) is 0 Å². The van der Waals surface area contributed by atoms with E-state index in [4.69, 9.17) is 9.47 Å². The lowest BCUT2D eigenvalue weighted by Gasteiger charge is -2.64. The Bertz CT molecular complexity index is 1130. The summed E-state index contributed by atoms with van der Waals surface area (Å²) in [4.78, 5) is 27.8. The number of benzene rings is 1. The number of hydrogen-bond acceptors (Lipinski definition) is 6. The second-order valence-corrected chi connectivity index (χ2v) is 13.3. The van der Waals surface area contributed by atoms with Crippen molar-refractivity contribution in [2.45, 2.75) is 104 Å². The van der Waals surface area contributed by atoms with Crippen LogP contribution < -0.4 is 4.74 Å². The Morgan fingerprint density at radius 2 is 1.92 bits per heavy atom. The highest BCUT2D eigenvalue weighted by atomic mass is 16.5. The summed E-state index contributed by atoms with van der Waals surface area (Å²) in [7, 11) is 1.35. The molecule has 1 amide bonds. The van der Waals surface area contributed by atoms with Crippen LogP contribution in [0.15, 0.2) is 6.07 Å². The number of amides is 1. The molecule has 0 saturated heterocycles. The summed E-state index contributed by atoms with van der Waals surface area (Å²) < 4.78 is 12.1. The van der Waals surface area contributed by atoms with E-state index in [0.717, 1.165) is 36.8 Å². The van der Waals surface area contributed by atoms with Gasteiger partial charge in [0.1, 0.15) is 23.1 Å². The topological polar surface area (TPSA) is 96.3 Å². The van der Waals surface area contributed by atoms with Crippen molar-refractivity contribution in [3.8, 4) is 11.5 Å². The molecule has 5 rings (SSSR count). The molecule has 7 heteroatoms. The lowest BCUT2D eigenvalue weighted by Crippen LogP contribution is -2.66. The number of methoxy groups -OCH3 is 1. The monoisotopic (exact) mass is 513 g/mol. The molecule has 0 bridgehead atoms. The molecule has 0 aromatic heterocycles. The summed E-state index contributed by atoms with van der Waals surface area (Å²) in [5.41, 5.74) is 0.985. The second kappa shape index (κ2) is 8.62. The van der Waals surface area contributed by atoms with E-state index >= 15 is 0 Å². The summed E-state index contributed by atoms with van der Waals surface area (Å²) >= 11 is 0. The van der Waals surface area contributed by atoms with Gasteiger partial charge >= 0.3 is 5.97 Å². The van der Waals surface area contributed by atoms with Crippen LogP contribution >= 0.6 is 0 Å². The molecular formula is C30H43NO6. The third-order valence-corrected chi connectivity index (χ3v) is 10.7. The van der Waals surface area contributed by atoms with Crippen LogP contribution in [0.5, 0.6) is 11.5 Å². The number of ether oxygens (including phenoxy) is 2. The Kier molecular flexibility index (Phi) is 6.13. The average Bonchev–Trinajstić information content (AvgIpc) is 3.39. The molecule has 1 aromatic carbocycles. The first kappa shape index (κ1) is 26.3. The van der Waals surface area contributed by atoms with E-state index in [1.807, 2.05) is 13.8 Å². The molecule has 2 aliphatic heterocycles. The number of aromatic hydroxyl groups is 1. The number of esters is 1. The second-order valence-electron chi connectivity index (χ2n) is 13.3. The van der Waals surface area contributed by atoms with Crippen molar-refractivity contribution in [1.82, 2.24) is 4.90 Å². The van der Waals surface area contributed by atoms with Gasteiger partial charge in [0.15, 0.2) is 0 Å². The Morgan fingerprint density at radius 3 is 2.57 bits per heavy atom. The fourth-order valence-electron chi connectivity index (χ4n) is 8.48. The lowest BCUT2D eigenvalue weighted by atomic mass is 9.43. The largest absolute Gasteiger partial charge is 0.508 e. The van der Waals surface area contributed by atoms with E-state index in [1.54, 1.807) is 11.0 Å². The highest BCUT2D eigenvalue weighted by Gasteiger charge is 2.67. The first-order valence-electron chi connectivity index (χ1n) is 13.9. The van der Waals surface area contributed by atoms with E-state index in [0.29, 0.717) is 24.2 Å². The van der Waals surface area contributed by atoms with Gasteiger partial charge in [-0.3, -0.25) is 4.79 Å². The quantitative estimate of drug-likeness (QED) is 0.559. The van der Waals surface area contributed by atoms with Gasteiger partial charge in [0.25, 0.3) is 5.91 Å². The molecule has 204 valence electrons. The summed E-state index contributed by atoms with van der Waals surface area (Å²) in [5, 5.41) is 22.1. The van der Waals surface area contributed by atoms with E-state index < -0.39 is 17.6 Å². The summed E-state index contributed by atoms with van der Waals surface area (Å²) in [6.45, 7) is 13.2. The zero-order chi connectivity index (χ0) is 27.1. The summed E-state index contributed by atoms with van der Waals surface area (Å²) in [6, 6.07) is 0.888. The van der Waals surface area contributed by atoms with Crippen molar-refractivity contribution in [2.24, 2.45) is 28.6 Å². The van der Waals surface area contributed by atoms with Crippen molar-refractivity contribution >= 4 is 11.9 Å². The number of aliphatic hydroxyl groups is 1. The number of phenols is 1. The zero-order valence-electron chi connectivity index (χ0n) is 23.4. The minimum absolute atomic E-state index is 0.0901. The van der Waals surface area contributed by atoms with Gasteiger partial charge in [-0.25, -0.2) is 4.79 Å². The molecule has 6 atom stereocenters. The van der Waals surface area contributed by atoms with Gasteiger partial charge in [0.2, 0.25) is 0 Å². The Balaban J connectivity index is 1.56. The lowest BCUT2D eigenvalue weighted by molar-refractivity contribution is -0.210. The third-order valence-electron chi connectivity index (χ3n) is 10.7. The standard InChI is InChI=1S/C30H43NO6/c1-16(2)12-21(27(35)36-7)31-15-20-18(26(31)34)13-22(32)19-14-30(37-25(19)20)17(3)8-9-23-28(4,5)24(33)10-11-29(23,30)6/h13,16-17,21,23-24,32-33H,8-12,14-15H2,1-7H3/t17?,21?,23-,24?,29-,30+/m0/s1. The van der Waals surface area contributed by atoms with Gasteiger partial charge in [-0.2, -0.15) is 0 Å². The predicted molar refractivity (Wildman–Crippen MR) is 139 cm³/mol. The molecule has 0 radical (unpaired) electrons. The third kappa shape index (κ3) is 3.55. The van der Waals surface area contributed by atoms with Gasteiger partial charge in [0, 0.05) is 23.0 Å². The Labute approximate surface area is 220 Å². The molecule has 4 aliphatic rings. The number of hydrogen-bond donors (Lipinski definition) is 2. The highest BCUT2D eigenvalue weighted by Crippen LogP contribution is 2.67. The van der Waals surface area contributed by atoms with Crippen LogP contribution in [0, 0.1) is 28.6 Å². The van der Waals surface area contributed by atoms with Crippen molar-refractivity contribution < 1.29 is 29.3 Å². The number of carbonyl (C=O) groups excluding carboxylic acids is 2. The number of carbonyl (C=O) groups is 2. The SMILES string of the molecule is COC(=O)C(CC(C)C)N1Cc2c(cc(O)c3c2O[C@]2(C3)C(C)CC[C@H]3C(C)(C)C(O)CC[C@@]32C)C1=O. The summed E-state index contributed by atoms with van der Waals surface area (Å²) in [6.07, 6.45) is 4.34. The Hall–Kier alpha value is -2.28. The van der Waals surface area contributed by atoms with Gasteiger partial charge in [0.05, 0.1) is 25.3 Å². The van der Waals surface area contributed by atoms with Crippen LogP contribution in [0.25, 0.3) is 0 Å². The maximum Gasteiger partial charge on any atom is 0.328 e. The first-order chi connectivity index (χ1) is 17.3. The van der Waals surface area contributed by atoms with E-state index in [1.165, 1.54) is 7.11 Å². The normalized spacial score (nSPS) is 34.7. The first-order valence-corrected chi connectivity index (χ1v) is 13.9. The molecule has 1 aromatic rings. The average molecular weight is 514 g/mol. The van der Waals surface area contributed by atoms with Crippen molar-refractivity contribution in [3.63, 3.8) is 0 Å². The maximum atomic E-state index is 13.6. The smallest absolute Gasteiger partial charge is 0.328 e. The minimum Gasteiger partial charge on any atom is -0.508 e. The molecule has 37 heavy (non-hydrogen) atoms. The zero-order valence-corrected chi connectivity index (χ0v) is 23.4. The molecule has 7 nitrogen and oxygen atoms in total. The highest BCUT2D eigenvalue weighted by molar-refractivity contribution is 6.02. The number of rotatable bonds is 4. The molecule has 2 heterocycles. The number of fused-ring (bicyclic) bond motifs is 5. The van der Waals surface area contributed by atoms with Crippen LogP contribution in [0.1, 0.15) is 95.1 Å². The fourth-order valence-corrected chi connectivity index (χ4v) is 8.48. The maximum absolute atomic E-state index is 13.6. The van der Waals surface area contributed by atoms with E-state index in [2.05, 4.69) is 27.7 Å². The molecule has 1 spiro atoms.